The second-order valence-corrected chi connectivity index (χ2v) is 8.37. The van der Waals surface area contributed by atoms with E-state index in [0.717, 1.165) is 18.4 Å². The van der Waals surface area contributed by atoms with E-state index in [1.807, 2.05) is 18.2 Å². The van der Waals surface area contributed by atoms with E-state index in [9.17, 15) is 14.0 Å². The van der Waals surface area contributed by atoms with Gasteiger partial charge in [0, 0.05) is 24.8 Å². The summed E-state index contributed by atoms with van der Waals surface area (Å²) >= 11 is 0. The van der Waals surface area contributed by atoms with Gasteiger partial charge in [0.2, 0.25) is 5.91 Å². The molecule has 2 bridgehead atoms. The summed E-state index contributed by atoms with van der Waals surface area (Å²) in [6.45, 7) is 0.316. The van der Waals surface area contributed by atoms with Crippen LogP contribution in [0.4, 0.5) is 4.39 Å². The second kappa shape index (κ2) is 6.87. The molecule has 3 aliphatic carbocycles. The normalized spacial score (nSPS) is 29.7. The van der Waals surface area contributed by atoms with Gasteiger partial charge in [-0.2, -0.15) is 0 Å². The third kappa shape index (κ3) is 3.16. The quantitative estimate of drug-likeness (QED) is 0.839. The molecule has 0 radical (unpaired) electrons. The Morgan fingerprint density at radius 3 is 2.86 bits per heavy atom. The van der Waals surface area contributed by atoms with Gasteiger partial charge in [-0.1, -0.05) is 24.3 Å². The second-order valence-electron chi connectivity index (χ2n) is 8.37. The van der Waals surface area contributed by atoms with E-state index in [0.29, 0.717) is 30.7 Å². The molecule has 2 N–H and O–H groups in total. The summed E-state index contributed by atoms with van der Waals surface area (Å²) in [5.41, 5.74) is 0.590. The maximum atomic E-state index is 13.3. The Balaban J connectivity index is 1.29. The predicted molar refractivity (Wildman–Crippen MR) is 104 cm³/mol. The van der Waals surface area contributed by atoms with Crippen LogP contribution in [-0.4, -0.2) is 17.5 Å². The number of hydrogen-bond acceptors (Lipinski definition) is 3. The summed E-state index contributed by atoms with van der Waals surface area (Å²) in [7, 11) is 0. The lowest BCUT2D eigenvalue weighted by Gasteiger charge is -2.55. The van der Waals surface area contributed by atoms with E-state index >= 15 is 0 Å². The molecule has 0 saturated heterocycles. The number of carbonyl (C=O) groups is 2. The number of carbonyl (C=O) groups excluding carboxylic acids is 2. The Bertz CT molecular complexity index is 978. The first kappa shape index (κ1) is 18.2. The first-order chi connectivity index (χ1) is 14.0. The lowest BCUT2D eigenvalue weighted by molar-refractivity contribution is -0.146. The van der Waals surface area contributed by atoms with Crippen LogP contribution in [-0.2, 0) is 11.3 Å². The van der Waals surface area contributed by atoms with E-state index in [2.05, 4.69) is 10.6 Å². The molecule has 2 amide bonds. The highest BCUT2D eigenvalue weighted by Crippen LogP contribution is 2.52. The van der Waals surface area contributed by atoms with Crippen LogP contribution in [0.2, 0.25) is 0 Å². The van der Waals surface area contributed by atoms with Gasteiger partial charge in [0.15, 0.2) is 5.72 Å². The van der Waals surface area contributed by atoms with E-state index in [4.69, 9.17) is 4.74 Å². The molecule has 5 nitrogen and oxygen atoms in total. The van der Waals surface area contributed by atoms with Crippen molar-refractivity contribution in [3.63, 3.8) is 0 Å². The monoisotopic (exact) mass is 394 g/mol. The molecule has 1 spiro atoms. The summed E-state index contributed by atoms with van der Waals surface area (Å²) in [5.74, 6) is 0.350. The molecule has 6 rings (SSSR count). The number of halogens is 1. The molecular formula is C23H23FN2O3. The fraction of sp³-hybridized carbons (Fsp3) is 0.391. The number of rotatable bonds is 3. The minimum Gasteiger partial charge on any atom is -0.467 e. The lowest BCUT2D eigenvalue weighted by Crippen LogP contribution is -2.66. The van der Waals surface area contributed by atoms with Gasteiger partial charge in [-0.05, 0) is 55.0 Å². The van der Waals surface area contributed by atoms with Crippen molar-refractivity contribution >= 4 is 11.8 Å². The van der Waals surface area contributed by atoms with E-state index in [-0.39, 0.29) is 35.4 Å². The zero-order valence-electron chi connectivity index (χ0n) is 16.0. The molecule has 6 heteroatoms. The number of hydrogen-bond donors (Lipinski definition) is 2. The van der Waals surface area contributed by atoms with Gasteiger partial charge in [0.1, 0.15) is 11.6 Å². The Kier molecular flexibility index (Phi) is 4.30. The summed E-state index contributed by atoms with van der Waals surface area (Å²) in [5, 5.41) is 6.07. The highest BCUT2D eigenvalue weighted by Gasteiger charge is 2.57. The Morgan fingerprint density at radius 1 is 1.21 bits per heavy atom. The van der Waals surface area contributed by atoms with Crippen molar-refractivity contribution in [2.75, 3.05) is 0 Å². The summed E-state index contributed by atoms with van der Waals surface area (Å²) in [4.78, 5) is 25.5. The minimum absolute atomic E-state index is 0.00125. The first-order valence-electron chi connectivity index (χ1n) is 10.2. The Labute approximate surface area is 168 Å². The average molecular weight is 394 g/mol. The average Bonchev–Trinajstić information content (AvgIpc) is 2.72. The van der Waals surface area contributed by atoms with Gasteiger partial charge >= 0.3 is 0 Å². The van der Waals surface area contributed by atoms with Crippen LogP contribution in [0.3, 0.4) is 0 Å². The van der Waals surface area contributed by atoms with Gasteiger partial charge in [-0.3, -0.25) is 9.59 Å². The number of amides is 2. The molecule has 2 aromatic carbocycles. The minimum atomic E-state index is -0.715. The summed E-state index contributed by atoms with van der Waals surface area (Å²) < 4.78 is 19.7. The van der Waals surface area contributed by atoms with Crippen molar-refractivity contribution in [3.8, 4) is 5.75 Å². The third-order valence-corrected chi connectivity index (χ3v) is 6.66. The van der Waals surface area contributed by atoms with Crippen LogP contribution in [0.25, 0.3) is 0 Å². The number of benzene rings is 2. The molecule has 3 fully saturated rings. The molecule has 1 aliphatic heterocycles. The van der Waals surface area contributed by atoms with Crippen LogP contribution in [0.5, 0.6) is 5.75 Å². The smallest absolute Gasteiger partial charge is 0.258 e. The number of para-hydroxylation sites is 1. The van der Waals surface area contributed by atoms with Crippen molar-refractivity contribution in [2.45, 2.75) is 38.0 Å². The summed E-state index contributed by atoms with van der Waals surface area (Å²) in [6, 6.07) is 13.6. The van der Waals surface area contributed by atoms with Crippen LogP contribution in [0, 0.1) is 23.6 Å². The molecule has 0 aromatic heterocycles. The van der Waals surface area contributed by atoms with Gasteiger partial charge in [-0.15, -0.1) is 0 Å². The van der Waals surface area contributed by atoms with E-state index in [1.165, 1.54) is 12.1 Å². The molecule has 1 heterocycles. The number of fused-ring (bicyclic) bond motifs is 3. The fourth-order valence-corrected chi connectivity index (χ4v) is 5.25. The SMILES string of the molecule is O=C1N[C@]2(C[C@H]3CC[C@H]2C[C@H]3C(=O)NCc2cccc(F)c2)Oc2ccccc21. The molecule has 3 saturated carbocycles. The zero-order valence-corrected chi connectivity index (χ0v) is 16.0. The topological polar surface area (TPSA) is 67.4 Å². The van der Waals surface area contributed by atoms with E-state index < -0.39 is 5.72 Å². The van der Waals surface area contributed by atoms with Crippen LogP contribution < -0.4 is 15.4 Å². The highest BCUT2D eigenvalue weighted by molar-refractivity contribution is 5.98. The van der Waals surface area contributed by atoms with Crippen LogP contribution in [0.15, 0.2) is 48.5 Å². The van der Waals surface area contributed by atoms with Gasteiger partial charge in [0.05, 0.1) is 5.56 Å². The maximum absolute atomic E-state index is 13.3. The lowest BCUT2D eigenvalue weighted by atomic mass is 9.60. The molecule has 150 valence electrons. The van der Waals surface area contributed by atoms with Gasteiger partial charge in [-0.25, -0.2) is 4.39 Å². The van der Waals surface area contributed by atoms with Crippen molar-refractivity contribution in [3.05, 3.63) is 65.5 Å². The maximum Gasteiger partial charge on any atom is 0.258 e. The number of ether oxygens (including phenoxy) is 1. The molecule has 29 heavy (non-hydrogen) atoms. The zero-order chi connectivity index (χ0) is 20.0. The Morgan fingerprint density at radius 2 is 2.07 bits per heavy atom. The van der Waals surface area contributed by atoms with Crippen molar-refractivity contribution < 1.29 is 18.7 Å². The first-order valence-corrected chi connectivity index (χ1v) is 10.2. The fourth-order valence-electron chi connectivity index (χ4n) is 5.25. The van der Waals surface area contributed by atoms with Crippen molar-refractivity contribution in [2.24, 2.45) is 17.8 Å². The summed E-state index contributed by atoms with van der Waals surface area (Å²) in [6.07, 6.45) is 3.20. The highest BCUT2D eigenvalue weighted by atomic mass is 19.1. The van der Waals surface area contributed by atoms with Gasteiger partial charge < -0.3 is 15.4 Å². The van der Waals surface area contributed by atoms with E-state index in [1.54, 1.807) is 18.2 Å². The molecular weight excluding hydrogens is 371 g/mol. The van der Waals surface area contributed by atoms with Gasteiger partial charge in [0.25, 0.3) is 5.91 Å². The van der Waals surface area contributed by atoms with Crippen molar-refractivity contribution in [1.29, 1.82) is 0 Å². The predicted octanol–water partition coefficient (Wildman–Crippen LogP) is 3.40. The molecule has 0 unspecified atom stereocenters. The molecule has 2 aromatic rings. The largest absolute Gasteiger partial charge is 0.467 e. The Hall–Kier alpha value is -2.89. The number of nitrogens with one attached hydrogen (secondary N) is 2. The van der Waals surface area contributed by atoms with Crippen molar-refractivity contribution in [1.82, 2.24) is 10.6 Å². The molecule has 4 atom stereocenters. The van der Waals surface area contributed by atoms with Crippen LogP contribution in [0.1, 0.15) is 41.6 Å². The standard InChI is InChI=1S/C23H23FN2O3/c24-17-5-3-4-14(10-17)13-25-21(27)19-11-16-9-8-15(19)12-23(16)26-22(28)18-6-1-2-7-20(18)29-23/h1-7,10,15-16,19H,8-9,11-13H2,(H,25,27)(H,26,28)/t15-,16+,19-,23-/m1/s1. The van der Waals surface area contributed by atoms with Crippen LogP contribution >= 0.6 is 0 Å². The molecule has 4 aliphatic rings. The third-order valence-electron chi connectivity index (χ3n) is 6.66.